The Morgan fingerprint density at radius 1 is 1.38 bits per heavy atom. The van der Waals surface area contributed by atoms with Gasteiger partial charge in [0.25, 0.3) is 0 Å². The average molecular weight is 216 g/mol. The van der Waals surface area contributed by atoms with Gasteiger partial charge in [-0.2, -0.15) is 0 Å². The van der Waals surface area contributed by atoms with Gasteiger partial charge in [0.1, 0.15) is 0 Å². The summed E-state index contributed by atoms with van der Waals surface area (Å²) in [6.45, 7) is 6.87. The van der Waals surface area contributed by atoms with E-state index in [1.165, 1.54) is 30.5 Å². The fourth-order valence-electron chi connectivity index (χ4n) is 2.43. The molecule has 1 heterocycles. The topological polar surface area (TPSA) is 29.3 Å². The molecule has 1 unspecified atom stereocenters. The molecule has 0 saturated carbocycles. The van der Waals surface area contributed by atoms with Crippen LogP contribution in [0.25, 0.3) is 0 Å². The maximum absolute atomic E-state index is 5.68. The van der Waals surface area contributed by atoms with Crippen molar-refractivity contribution in [2.24, 2.45) is 5.73 Å². The molecule has 86 valence electrons. The zero-order valence-corrected chi connectivity index (χ0v) is 9.73. The van der Waals surface area contributed by atoms with E-state index in [2.05, 4.69) is 41.8 Å². The van der Waals surface area contributed by atoms with Gasteiger partial charge in [-0.25, -0.2) is 0 Å². The minimum atomic E-state index is 0.491. The van der Waals surface area contributed by atoms with Crippen LogP contribution in [0.1, 0.15) is 18.4 Å². The van der Waals surface area contributed by atoms with E-state index >= 15 is 0 Å². The highest BCUT2D eigenvalue weighted by Crippen LogP contribution is 2.24. The summed E-state index contributed by atoms with van der Waals surface area (Å²) in [5.41, 5.74) is 8.23. The van der Waals surface area contributed by atoms with Crippen molar-refractivity contribution in [3.8, 4) is 0 Å². The molecule has 1 aromatic carbocycles. The molecule has 1 aromatic rings. The minimum absolute atomic E-state index is 0.491. The highest BCUT2D eigenvalue weighted by molar-refractivity contribution is 5.17. The van der Waals surface area contributed by atoms with Crippen LogP contribution >= 0.6 is 0 Å². The van der Waals surface area contributed by atoms with Gasteiger partial charge in [-0.05, 0) is 30.5 Å². The second-order valence-corrected chi connectivity index (χ2v) is 4.48. The Hall–Kier alpha value is -1.12. The summed E-state index contributed by atoms with van der Waals surface area (Å²) >= 11 is 0. The summed E-state index contributed by atoms with van der Waals surface area (Å²) < 4.78 is 0. The molecule has 0 aliphatic carbocycles. The van der Waals surface area contributed by atoms with Crippen LogP contribution in [-0.4, -0.2) is 24.0 Å². The second kappa shape index (κ2) is 5.28. The van der Waals surface area contributed by atoms with Crippen molar-refractivity contribution in [2.45, 2.75) is 25.4 Å². The molecular formula is C14H20N2. The van der Waals surface area contributed by atoms with E-state index in [4.69, 9.17) is 5.73 Å². The molecule has 2 N–H and O–H groups in total. The molecule has 0 bridgehead atoms. The van der Waals surface area contributed by atoms with Crippen molar-refractivity contribution >= 4 is 0 Å². The van der Waals surface area contributed by atoms with Crippen molar-refractivity contribution in [1.29, 1.82) is 0 Å². The largest absolute Gasteiger partial charge is 0.327 e. The van der Waals surface area contributed by atoms with E-state index in [-0.39, 0.29) is 0 Å². The van der Waals surface area contributed by atoms with E-state index in [0.29, 0.717) is 12.6 Å². The third-order valence-corrected chi connectivity index (χ3v) is 3.33. The lowest BCUT2D eigenvalue weighted by molar-refractivity contribution is 0.271. The smallest absolute Gasteiger partial charge is 0.0321 e. The normalized spacial score (nSPS) is 21.2. The SMILES string of the molecule is C=C(CN)C1CCCN1Cc1ccccc1. The Morgan fingerprint density at radius 2 is 2.12 bits per heavy atom. The molecular weight excluding hydrogens is 196 g/mol. The van der Waals surface area contributed by atoms with Gasteiger partial charge < -0.3 is 5.73 Å². The fourth-order valence-corrected chi connectivity index (χ4v) is 2.43. The van der Waals surface area contributed by atoms with Crippen LogP contribution in [0.4, 0.5) is 0 Å². The third kappa shape index (κ3) is 2.52. The van der Waals surface area contributed by atoms with E-state index in [9.17, 15) is 0 Å². The molecule has 0 amide bonds. The predicted molar refractivity (Wildman–Crippen MR) is 68.1 cm³/mol. The summed E-state index contributed by atoms with van der Waals surface area (Å²) in [6, 6.07) is 11.1. The van der Waals surface area contributed by atoms with Crippen LogP contribution in [0, 0.1) is 0 Å². The highest BCUT2D eigenvalue weighted by Gasteiger charge is 2.25. The van der Waals surface area contributed by atoms with Gasteiger partial charge in [0.2, 0.25) is 0 Å². The molecule has 0 aromatic heterocycles. The quantitative estimate of drug-likeness (QED) is 0.782. The molecule has 0 spiro atoms. The van der Waals surface area contributed by atoms with Crippen LogP contribution in [-0.2, 0) is 6.54 Å². The van der Waals surface area contributed by atoms with Gasteiger partial charge >= 0.3 is 0 Å². The molecule has 2 heteroatoms. The van der Waals surface area contributed by atoms with Gasteiger partial charge in [-0.3, -0.25) is 4.90 Å². The van der Waals surface area contributed by atoms with Gasteiger partial charge in [0.15, 0.2) is 0 Å². The number of nitrogens with two attached hydrogens (primary N) is 1. The molecule has 2 rings (SSSR count). The maximum atomic E-state index is 5.68. The second-order valence-electron chi connectivity index (χ2n) is 4.48. The van der Waals surface area contributed by atoms with Crippen molar-refractivity contribution in [2.75, 3.05) is 13.1 Å². The van der Waals surface area contributed by atoms with E-state index in [1.807, 2.05) is 0 Å². The fraction of sp³-hybridized carbons (Fsp3) is 0.429. The van der Waals surface area contributed by atoms with Gasteiger partial charge in [-0.15, -0.1) is 0 Å². The highest BCUT2D eigenvalue weighted by atomic mass is 15.2. The maximum Gasteiger partial charge on any atom is 0.0321 e. The zero-order valence-electron chi connectivity index (χ0n) is 9.73. The zero-order chi connectivity index (χ0) is 11.4. The molecule has 16 heavy (non-hydrogen) atoms. The monoisotopic (exact) mass is 216 g/mol. The van der Waals surface area contributed by atoms with Crippen LogP contribution in [0.2, 0.25) is 0 Å². The van der Waals surface area contributed by atoms with Crippen LogP contribution in [0.15, 0.2) is 42.5 Å². The molecule has 0 radical (unpaired) electrons. The Labute approximate surface area is 97.8 Å². The van der Waals surface area contributed by atoms with Crippen LogP contribution < -0.4 is 5.73 Å². The summed E-state index contributed by atoms with van der Waals surface area (Å²) in [5, 5.41) is 0. The first-order valence-electron chi connectivity index (χ1n) is 5.97. The lowest BCUT2D eigenvalue weighted by Crippen LogP contribution is -2.32. The summed E-state index contributed by atoms with van der Waals surface area (Å²) in [4.78, 5) is 2.49. The first kappa shape index (κ1) is 11.4. The van der Waals surface area contributed by atoms with Crippen LogP contribution in [0.5, 0.6) is 0 Å². The minimum Gasteiger partial charge on any atom is -0.327 e. The first-order valence-corrected chi connectivity index (χ1v) is 5.97. The van der Waals surface area contributed by atoms with Crippen molar-refractivity contribution in [3.63, 3.8) is 0 Å². The number of hydrogen-bond donors (Lipinski definition) is 1. The Bertz CT molecular complexity index is 345. The summed E-state index contributed by atoms with van der Waals surface area (Å²) in [5.74, 6) is 0. The van der Waals surface area contributed by atoms with Gasteiger partial charge in [0.05, 0.1) is 0 Å². The van der Waals surface area contributed by atoms with Gasteiger partial charge in [-0.1, -0.05) is 36.9 Å². The van der Waals surface area contributed by atoms with Crippen molar-refractivity contribution in [1.82, 2.24) is 4.90 Å². The number of benzene rings is 1. The molecule has 1 fully saturated rings. The number of hydrogen-bond acceptors (Lipinski definition) is 2. The Balaban J connectivity index is 2.01. The first-order chi connectivity index (χ1) is 7.81. The number of nitrogens with zero attached hydrogens (tertiary/aromatic N) is 1. The summed E-state index contributed by atoms with van der Waals surface area (Å²) in [7, 11) is 0. The standard InChI is InChI=1S/C14H20N2/c1-12(10-15)14-8-5-9-16(14)11-13-6-3-2-4-7-13/h2-4,6-7,14H,1,5,8-11,15H2. The summed E-state index contributed by atoms with van der Waals surface area (Å²) in [6.07, 6.45) is 2.47. The van der Waals surface area contributed by atoms with E-state index in [0.717, 1.165) is 6.54 Å². The predicted octanol–water partition coefficient (Wildman–Crippen LogP) is 2.17. The Kier molecular flexibility index (Phi) is 3.75. The average Bonchev–Trinajstić information content (AvgIpc) is 2.77. The van der Waals surface area contributed by atoms with E-state index < -0.39 is 0 Å². The number of rotatable bonds is 4. The van der Waals surface area contributed by atoms with Gasteiger partial charge in [0, 0.05) is 19.1 Å². The molecule has 1 aliphatic rings. The van der Waals surface area contributed by atoms with Crippen molar-refractivity contribution in [3.05, 3.63) is 48.0 Å². The van der Waals surface area contributed by atoms with E-state index in [1.54, 1.807) is 0 Å². The van der Waals surface area contributed by atoms with Crippen LogP contribution in [0.3, 0.4) is 0 Å². The molecule has 1 saturated heterocycles. The third-order valence-electron chi connectivity index (χ3n) is 3.33. The number of likely N-dealkylation sites (tertiary alicyclic amines) is 1. The Morgan fingerprint density at radius 3 is 2.81 bits per heavy atom. The molecule has 1 atom stereocenters. The molecule has 2 nitrogen and oxygen atoms in total. The molecule has 1 aliphatic heterocycles. The lowest BCUT2D eigenvalue weighted by atomic mass is 10.1. The van der Waals surface area contributed by atoms with Crippen molar-refractivity contribution < 1.29 is 0 Å². The lowest BCUT2D eigenvalue weighted by Gasteiger charge is -2.25.